The number of carboxylic acids is 2. The van der Waals surface area contributed by atoms with E-state index in [9.17, 15) is 14.7 Å². The monoisotopic (exact) mass is 395 g/mol. The van der Waals surface area contributed by atoms with E-state index < -0.39 is 11.9 Å². The van der Waals surface area contributed by atoms with Crippen LogP contribution in [0.4, 0.5) is 0 Å². The van der Waals surface area contributed by atoms with E-state index in [4.69, 9.17) is 5.11 Å². The van der Waals surface area contributed by atoms with Crippen molar-refractivity contribution in [1.29, 1.82) is 0 Å². The fourth-order valence-corrected chi connectivity index (χ4v) is 3.12. The number of unbranched alkanes of at least 4 members (excludes halogenated alkanes) is 13. The SMILES string of the molecule is CCCCCCCCCCCCCCCCN(CC(=O)[O-])CC(=O)O.[K+]. The molecule has 0 unspecified atom stereocenters. The van der Waals surface area contributed by atoms with Gasteiger partial charge in [-0.25, -0.2) is 0 Å². The summed E-state index contributed by atoms with van der Waals surface area (Å²) in [6.45, 7) is 2.23. The predicted molar refractivity (Wildman–Crippen MR) is 99.4 cm³/mol. The van der Waals surface area contributed by atoms with Crippen LogP contribution in [0.1, 0.15) is 96.8 Å². The molecule has 0 amide bonds. The third-order valence-corrected chi connectivity index (χ3v) is 4.54. The van der Waals surface area contributed by atoms with Crippen LogP contribution in [0.3, 0.4) is 0 Å². The standard InChI is InChI=1S/C20H39NO4.K/c1-2-3-4-5-6-7-8-9-10-11-12-13-14-15-16-21(17-19(22)23)18-20(24)25;/h2-18H2,1H3,(H,22,23)(H,24,25);/q;+1/p-1. The minimum Gasteiger partial charge on any atom is -0.549 e. The zero-order chi connectivity index (χ0) is 18.8. The van der Waals surface area contributed by atoms with Crippen molar-refractivity contribution in [3.8, 4) is 0 Å². The average molecular weight is 396 g/mol. The van der Waals surface area contributed by atoms with Gasteiger partial charge in [-0.2, -0.15) is 0 Å². The van der Waals surface area contributed by atoms with Crippen LogP contribution in [0.5, 0.6) is 0 Å². The first-order valence-corrected chi connectivity index (χ1v) is 10.2. The molecule has 148 valence electrons. The van der Waals surface area contributed by atoms with Gasteiger partial charge in [0, 0.05) is 6.54 Å². The van der Waals surface area contributed by atoms with E-state index in [-0.39, 0.29) is 64.5 Å². The Kier molecular flexibility index (Phi) is 24.1. The molecule has 0 aromatic carbocycles. The van der Waals surface area contributed by atoms with Gasteiger partial charge < -0.3 is 15.0 Å². The van der Waals surface area contributed by atoms with Crippen LogP contribution < -0.4 is 56.5 Å². The van der Waals surface area contributed by atoms with Crippen LogP contribution >= 0.6 is 0 Å². The van der Waals surface area contributed by atoms with Crippen molar-refractivity contribution in [2.75, 3.05) is 19.6 Å². The van der Waals surface area contributed by atoms with E-state index in [1.54, 1.807) is 0 Å². The van der Waals surface area contributed by atoms with Crippen LogP contribution in [0, 0.1) is 0 Å². The fraction of sp³-hybridized carbons (Fsp3) is 0.900. The maximum Gasteiger partial charge on any atom is 1.00 e. The van der Waals surface area contributed by atoms with E-state index in [1.165, 1.54) is 75.5 Å². The second kappa shape index (κ2) is 21.8. The van der Waals surface area contributed by atoms with E-state index >= 15 is 0 Å². The molecule has 0 spiro atoms. The summed E-state index contributed by atoms with van der Waals surface area (Å²) in [5.41, 5.74) is 0. The molecule has 26 heavy (non-hydrogen) atoms. The van der Waals surface area contributed by atoms with E-state index in [0.29, 0.717) is 6.54 Å². The summed E-state index contributed by atoms with van der Waals surface area (Å²) in [4.78, 5) is 22.7. The molecule has 0 aliphatic rings. The molecule has 6 heteroatoms. The Morgan fingerprint density at radius 2 is 1.12 bits per heavy atom. The number of rotatable bonds is 19. The third kappa shape index (κ3) is 22.6. The van der Waals surface area contributed by atoms with Gasteiger partial charge in [0.15, 0.2) is 0 Å². The molecule has 0 aromatic rings. The van der Waals surface area contributed by atoms with E-state index in [0.717, 1.165) is 19.3 Å². The normalized spacial score (nSPS) is 10.7. The average Bonchev–Trinajstić information content (AvgIpc) is 2.54. The first-order valence-electron chi connectivity index (χ1n) is 10.2. The Morgan fingerprint density at radius 1 is 0.731 bits per heavy atom. The van der Waals surface area contributed by atoms with E-state index in [1.807, 2.05) is 0 Å². The molecular weight excluding hydrogens is 357 g/mol. The summed E-state index contributed by atoms with van der Waals surface area (Å²) >= 11 is 0. The van der Waals surface area contributed by atoms with Gasteiger partial charge in [-0.3, -0.25) is 9.69 Å². The van der Waals surface area contributed by atoms with E-state index in [2.05, 4.69) is 6.92 Å². The van der Waals surface area contributed by atoms with Gasteiger partial charge in [0.25, 0.3) is 0 Å². The summed E-state index contributed by atoms with van der Waals surface area (Å²) in [6, 6.07) is 0. The van der Waals surface area contributed by atoms with Gasteiger partial charge in [-0.1, -0.05) is 90.4 Å². The van der Waals surface area contributed by atoms with Crippen molar-refractivity contribution in [2.45, 2.75) is 96.8 Å². The van der Waals surface area contributed by atoms with Crippen molar-refractivity contribution in [3.63, 3.8) is 0 Å². The number of hydrogen-bond acceptors (Lipinski definition) is 4. The Labute approximate surface area is 202 Å². The van der Waals surface area contributed by atoms with Gasteiger partial charge in [0.1, 0.15) is 0 Å². The first-order chi connectivity index (χ1) is 12.1. The molecule has 0 saturated carbocycles. The minimum atomic E-state index is -1.22. The van der Waals surface area contributed by atoms with Crippen molar-refractivity contribution in [1.82, 2.24) is 4.90 Å². The quantitative estimate of drug-likeness (QED) is 0.256. The minimum absolute atomic E-state index is 0. The second-order valence-corrected chi connectivity index (χ2v) is 7.07. The Morgan fingerprint density at radius 3 is 1.46 bits per heavy atom. The molecule has 0 saturated heterocycles. The molecule has 0 rings (SSSR count). The second-order valence-electron chi connectivity index (χ2n) is 7.07. The summed E-state index contributed by atoms with van der Waals surface area (Å²) in [5, 5.41) is 19.4. The molecule has 0 aromatic heterocycles. The Balaban J connectivity index is 0. The number of nitrogens with zero attached hydrogens (tertiary/aromatic N) is 1. The molecule has 0 aliphatic carbocycles. The molecular formula is C20H38KNO4. The molecule has 0 heterocycles. The molecule has 1 N–H and O–H groups in total. The van der Waals surface area contributed by atoms with Crippen LogP contribution in [0.2, 0.25) is 0 Å². The number of aliphatic carboxylic acids is 2. The molecule has 0 radical (unpaired) electrons. The third-order valence-electron chi connectivity index (χ3n) is 4.54. The number of carboxylic acid groups (broad SMARTS) is 2. The predicted octanol–water partition coefficient (Wildman–Crippen LogP) is 0.608. The Hall–Kier alpha value is 0.536. The zero-order valence-electron chi connectivity index (χ0n) is 17.1. The summed E-state index contributed by atoms with van der Waals surface area (Å²) in [6.07, 6.45) is 17.8. The maximum atomic E-state index is 10.7. The Bertz CT molecular complexity index is 324. The van der Waals surface area contributed by atoms with Gasteiger partial charge in [0.05, 0.1) is 12.5 Å². The summed E-state index contributed by atoms with van der Waals surface area (Å²) in [5.74, 6) is -2.21. The fourth-order valence-electron chi connectivity index (χ4n) is 3.12. The van der Waals surface area contributed by atoms with Crippen LogP contribution in [-0.2, 0) is 9.59 Å². The van der Waals surface area contributed by atoms with Crippen LogP contribution in [0.25, 0.3) is 0 Å². The van der Waals surface area contributed by atoms with Crippen molar-refractivity contribution in [3.05, 3.63) is 0 Å². The smallest absolute Gasteiger partial charge is 0.549 e. The number of hydrogen-bond donors (Lipinski definition) is 1. The molecule has 0 aliphatic heterocycles. The van der Waals surface area contributed by atoms with Gasteiger partial charge in [-0.05, 0) is 13.0 Å². The van der Waals surface area contributed by atoms with Crippen molar-refractivity contribution < 1.29 is 71.2 Å². The van der Waals surface area contributed by atoms with Crippen molar-refractivity contribution in [2.24, 2.45) is 0 Å². The maximum absolute atomic E-state index is 10.7. The zero-order valence-corrected chi connectivity index (χ0v) is 20.3. The molecule has 0 fully saturated rings. The largest absolute Gasteiger partial charge is 1.00 e. The van der Waals surface area contributed by atoms with Crippen molar-refractivity contribution >= 4 is 11.9 Å². The van der Waals surface area contributed by atoms with Crippen LogP contribution in [0.15, 0.2) is 0 Å². The van der Waals surface area contributed by atoms with Gasteiger partial charge >= 0.3 is 57.4 Å². The molecule has 5 nitrogen and oxygen atoms in total. The molecule has 0 atom stereocenters. The first kappa shape index (κ1) is 28.7. The van der Waals surface area contributed by atoms with Gasteiger partial charge in [-0.15, -0.1) is 0 Å². The topological polar surface area (TPSA) is 80.7 Å². The molecule has 0 bridgehead atoms. The summed E-state index contributed by atoms with van der Waals surface area (Å²) in [7, 11) is 0. The van der Waals surface area contributed by atoms with Crippen LogP contribution in [-0.4, -0.2) is 41.6 Å². The summed E-state index contributed by atoms with van der Waals surface area (Å²) < 4.78 is 0. The van der Waals surface area contributed by atoms with Gasteiger partial charge in [0.2, 0.25) is 0 Å². The number of carbonyl (C=O) groups is 2. The number of carbonyl (C=O) groups excluding carboxylic acids is 1.